The molecular formula is C10H12N2O3. The molecule has 0 saturated heterocycles. The Morgan fingerprint density at radius 1 is 1.40 bits per heavy atom. The molecular weight excluding hydrogens is 196 g/mol. The predicted octanol–water partition coefficient (Wildman–Crippen LogP) is 0.765. The molecule has 15 heavy (non-hydrogen) atoms. The zero-order valence-corrected chi connectivity index (χ0v) is 8.54. The van der Waals surface area contributed by atoms with Gasteiger partial charge < -0.3 is 10.0 Å². The van der Waals surface area contributed by atoms with Gasteiger partial charge in [0.25, 0.3) is 0 Å². The van der Waals surface area contributed by atoms with Crippen molar-refractivity contribution in [3.8, 4) is 0 Å². The summed E-state index contributed by atoms with van der Waals surface area (Å²) in [6, 6.07) is 3.29. The number of carboxylic acid groups (broad SMARTS) is 1. The molecule has 1 aromatic heterocycles. The number of nitrogens with zero attached hydrogens (tertiary/aromatic N) is 2. The minimum absolute atomic E-state index is 0.450. The number of hydrogen-bond donors (Lipinski definition) is 1. The van der Waals surface area contributed by atoms with Crippen molar-refractivity contribution in [2.45, 2.75) is 6.92 Å². The van der Waals surface area contributed by atoms with Crippen LogP contribution >= 0.6 is 0 Å². The van der Waals surface area contributed by atoms with Gasteiger partial charge in [-0.05, 0) is 19.1 Å². The first kappa shape index (κ1) is 11.2. The van der Waals surface area contributed by atoms with Crippen molar-refractivity contribution in [3.63, 3.8) is 0 Å². The molecule has 1 aromatic rings. The zero-order valence-electron chi connectivity index (χ0n) is 8.54. The summed E-state index contributed by atoms with van der Waals surface area (Å²) in [5.41, 5.74) is 0.628. The lowest BCUT2D eigenvalue weighted by Gasteiger charge is -2.19. The summed E-state index contributed by atoms with van der Waals surface area (Å²) in [5.74, 6) is -2.61. The fourth-order valence-corrected chi connectivity index (χ4v) is 1.09. The van der Waals surface area contributed by atoms with Gasteiger partial charge in [0, 0.05) is 25.1 Å². The van der Waals surface area contributed by atoms with Gasteiger partial charge in [-0.25, -0.2) is 0 Å². The van der Waals surface area contributed by atoms with Crippen LogP contribution in [0.3, 0.4) is 0 Å². The molecule has 1 N–H and O–H groups in total. The van der Waals surface area contributed by atoms with Crippen molar-refractivity contribution in [2.75, 3.05) is 11.9 Å². The highest BCUT2D eigenvalue weighted by molar-refractivity contribution is 6.04. The number of aromatic nitrogens is 1. The second-order valence-corrected chi connectivity index (χ2v) is 3.16. The van der Waals surface area contributed by atoms with Gasteiger partial charge in [0.05, 0.1) is 0 Å². The number of hydrogen-bond acceptors (Lipinski definition) is 3. The zero-order chi connectivity index (χ0) is 11.4. The summed E-state index contributed by atoms with van der Waals surface area (Å²) in [4.78, 5) is 27.3. The monoisotopic (exact) mass is 208 g/mol. The van der Waals surface area contributed by atoms with Gasteiger partial charge in [0.15, 0.2) is 0 Å². The molecule has 1 unspecified atom stereocenters. The first-order chi connectivity index (χ1) is 7.04. The number of pyridine rings is 1. The molecule has 0 aromatic carbocycles. The Kier molecular flexibility index (Phi) is 3.38. The lowest BCUT2D eigenvalue weighted by atomic mass is 10.1. The second-order valence-electron chi connectivity index (χ2n) is 3.16. The number of carboxylic acids is 1. The Labute approximate surface area is 87.4 Å². The van der Waals surface area contributed by atoms with E-state index < -0.39 is 17.8 Å². The third-order valence-corrected chi connectivity index (χ3v) is 2.12. The standard InChI is InChI=1S/C10H12N2O3/c1-7(10(14)15)9(13)12(2)8-3-5-11-6-4-8/h3-7H,1-2H3,(H,14,15). The molecule has 0 aliphatic rings. The molecule has 0 aliphatic heterocycles. The molecule has 0 aliphatic carbocycles. The van der Waals surface area contributed by atoms with Crippen LogP contribution in [0.15, 0.2) is 24.5 Å². The Morgan fingerprint density at radius 3 is 2.40 bits per heavy atom. The highest BCUT2D eigenvalue weighted by Gasteiger charge is 2.24. The largest absolute Gasteiger partial charge is 0.481 e. The molecule has 0 radical (unpaired) electrons. The van der Waals surface area contributed by atoms with Crippen LogP contribution in [-0.4, -0.2) is 29.0 Å². The van der Waals surface area contributed by atoms with Crippen LogP contribution in [0.25, 0.3) is 0 Å². The minimum atomic E-state index is -1.12. The fraction of sp³-hybridized carbons (Fsp3) is 0.300. The lowest BCUT2D eigenvalue weighted by molar-refractivity contribution is -0.145. The third-order valence-electron chi connectivity index (χ3n) is 2.12. The summed E-state index contributed by atoms with van der Waals surface area (Å²) in [5, 5.41) is 8.69. The maximum absolute atomic E-state index is 11.6. The van der Waals surface area contributed by atoms with E-state index in [1.807, 2.05) is 0 Å². The van der Waals surface area contributed by atoms with Crippen molar-refractivity contribution < 1.29 is 14.7 Å². The molecule has 5 heteroatoms. The van der Waals surface area contributed by atoms with Crippen molar-refractivity contribution in [2.24, 2.45) is 5.92 Å². The van der Waals surface area contributed by atoms with Crippen LogP contribution in [0.2, 0.25) is 0 Å². The molecule has 0 spiro atoms. The lowest BCUT2D eigenvalue weighted by Crippen LogP contribution is -2.35. The summed E-state index contributed by atoms with van der Waals surface area (Å²) >= 11 is 0. The molecule has 5 nitrogen and oxygen atoms in total. The van der Waals surface area contributed by atoms with Gasteiger partial charge in [-0.2, -0.15) is 0 Å². The molecule has 1 heterocycles. The smallest absolute Gasteiger partial charge is 0.315 e. The Morgan fingerprint density at radius 2 is 1.93 bits per heavy atom. The fourth-order valence-electron chi connectivity index (χ4n) is 1.09. The van der Waals surface area contributed by atoms with E-state index in [0.717, 1.165) is 0 Å². The average Bonchev–Trinajstić information content (AvgIpc) is 2.27. The second kappa shape index (κ2) is 4.54. The van der Waals surface area contributed by atoms with Crippen molar-refractivity contribution >= 4 is 17.6 Å². The molecule has 1 atom stereocenters. The third kappa shape index (κ3) is 2.52. The topological polar surface area (TPSA) is 70.5 Å². The maximum atomic E-state index is 11.6. The van der Waals surface area contributed by atoms with Crippen LogP contribution in [0.4, 0.5) is 5.69 Å². The van der Waals surface area contributed by atoms with Gasteiger partial charge in [-0.15, -0.1) is 0 Å². The van der Waals surface area contributed by atoms with E-state index in [4.69, 9.17) is 5.11 Å². The maximum Gasteiger partial charge on any atom is 0.315 e. The first-order valence-corrected chi connectivity index (χ1v) is 4.44. The SMILES string of the molecule is CC(C(=O)O)C(=O)N(C)c1ccncc1. The van der Waals surface area contributed by atoms with Gasteiger partial charge in [0.1, 0.15) is 5.92 Å². The van der Waals surface area contributed by atoms with Crippen LogP contribution in [0.5, 0.6) is 0 Å². The molecule has 0 fully saturated rings. The van der Waals surface area contributed by atoms with E-state index in [9.17, 15) is 9.59 Å². The Bertz CT molecular complexity index is 364. The molecule has 1 rings (SSSR count). The normalized spacial score (nSPS) is 11.9. The van der Waals surface area contributed by atoms with Crippen LogP contribution < -0.4 is 4.90 Å². The quantitative estimate of drug-likeness (QED) is 0.744. The summed E-state index contributed by atoms with van der Waals surface area (Å²) in [6.45, 7) is 1.36. The number of amides is 1. The average molecular weight is 208 g/mol. The van der Waals surface area contributed by atoms with Gasteiger partial charge in [-0.1, -0.05) is 0 Å². The predicted molar refractivity (Wildman–Crippen MR) is 54.4 cm³/mol. The van der Waals surface area contributed by atoms with Crippen LogP contribution in [-0.2, 0) is 9.59 Å². The van der Waals surface area contributed by atoms with E-state index >= 15 is 0 Å². The molecule has 80 valence electrons. The number of anilines is 1. The number of carbonyl (C=O) groups excluding carboxylic acids is 1. The molecule has 1 amide bonds. The Hall–Kier alpha value is -1.91. The van der Waals surface area contributed by atoms with Crippen LogP contribution in [0.1, 0.15) is 6.92 Å². The van der Waals surface area contributed by atoms with E-state index in [2.05, 4.69) is 4.98 Å². The summed E-state index contributed by atoms with van der Waals surface area (Å²) < 4.78 is 0. The van der Waals surface area contributed by atoms with E-state index in [1.165, 1.54) is 18.9 Å². The van der Waals surface area contributed by atoms with E-state index in [1.54, 1.807) is 24.5 Å². The van der Waals surface area contributed by atoms with E-state index in [-0.39, 0.29) is 0 Å². The highest BCUT2D eigenvalue weighted by Crippen LogP contribution is 2.13. The number of aliphatic carboxylic acids is 1. The van der Waals surface area contributed by atoms with Crippen LogP contribution in [0, 0.1) is 5.92 Å². The molecule has 0 bridgehead atoms. The van der Waals surface area contributed by atoms with E-state index in [0.29, 0.717) is 5.69 Å². The van der Waals surface area contributed by atoms with Crippen molar-refractivity contribution in [3.05, 3.63) is 24.5 Å². The van der Waals surface area contributed by atoms with Gasteiger partial charge in [-0.3, -0.25) is 14.6 Å². The summed E-state index contributed by atoms with van der Waals surface area (Å²) in [6.07, 6.45) is 3.09. The summed E-state index contributed by atoms with van der Waals surface area (Å²) in [7, 11) is 1.54. The molecule has 0 saturated carbocycles. The Balaban J connectivity index is 2.82. The minimum Gasteiger partial charge on any atom is -0.481 e. The van der Waals surface area contributed by atoms with Crippen molar-refractivity contribution in [1.82, 2.24) is 4.98 Å². The first-order valence-electron chi connectivity index (χ1n) is 4.44. The highest BCUT2D eigenvalue weighted by atomic mass is 16.4. The van der Waals surface area contributed by atoms with Crippen molar-refractivity contribution in [1.29, 1.82) is 0 Å². The van der Waals surface area contributed by atoms with Gasteiger partial charge in [0.2, 0.25) is 5.91 Å². The number of rotatable bonds is 3. The number of carbonyl (C=O) groups is 2. The van der Waals surface area contributed by atoms with Gasteiger partial charge >= 0.3 is 5.97 Å².